The number of hydrogen-bond acceptors (Lipinski definition) is 6. The van der Waals surface area contributed by atoms with E-state index in [4.69, 9.17) is 9.47 Å². The third kappa shape index (κ3) is 6.31. The number of carbonyl (C=O) groups excluding carboxylic acids is 3. The van der Waals surface area contributed by atoms with E-state index in [2.05, 4.69) is 16.7 Å². The normalized spacial score (nSPS) is 14.2. The fourth-order valence-corrected chi connectivity index (χ4v) is 3.30. The molecule has 2 aromatic carbocycles. The first-order valence-corrected chi connectivity index (χ1v) is 9.99. The maximum absolute atomic E-state index is 12.2. The molecule has 8 heteroatoms. The second kappa shape index (κ2) is 10.3. The first kappa shape index (κ1) is 21.8. The van der Waals surface area contributed by atoms with Crippen LogP contribution in [0.3, 0.4) is 0 Å². The van der Waals surface area contributed by atoms with Gasteiger partial charge < -0.3 is 20.1 Å². The van der Waals surface area contributed by atoms with Crippen molar-refractivity contribution in [3.05, 3.63) is 60.2 Å². The molecule has 0 heterocycles. The van der Waals surface area contributed by atoms with Crippen LogP contribution in [-0.4, -0.2) is 36.5 Å². The van der Waals surface area contributed by atoms with Crippen LogP contribution < -0.4 is 15.4 Å². The molecule has 0 spiro atoms. The number of amides is 2. The molecular weight excluding hydrogens is 398 g/mol. The molecule has 1 aliphatic carbocycles. The number of carbonyl (C=O) groups is 3. The number of hydrogen-bond donors (Lipinski definition) is 2. The summed E-state index contributed by atoms with van der Waals surface area (Å²) in [6.45, 7) is -0.874. The van der Waals surface area contributed by atoms with Gasteiger partial charge in [0.05, 0.1) is 6.07 Å². The van der Waals surface area contributed by atoms with Crippen LogP contribution in [0.5, 0.6) is 11.5 Å². The molecule has 0 atom stereocenters. The van der Waals surface area contributed by atoms with Gasteiger partial charge in [-0.1, -0.05) is 18.2 Å². The van der Waals surface area contributed by atoms with E-state index in [-0.39, 0.29) is 6.54 Å². The molecular formula is C23H23N3O5. The maximum atomic E-state index is 12.2. The predicted octanol–water partition coefficient (Wildman–Crippen LogP) is 2.70. The van der Waals surface area contributed by atoms with Gasteiger partial charge in [-0.25, -0.2) is 0 Å². The Bertz CT molecular complexity index is 961. The molecule has 1 fully saturated rings. The van der Waals surface area contributed by atoms with Crippen molar-refractivity contribution in [2.45, 2.75) is 31.2 Å². The highest BCUT2D eigenvalue weighted by Gasteiger charge is 2.35. The molecule has 160 valence electrons. The van der Waals surface area contributed by atoms with Crippen molar-refractivity contribution in [3.8, 4) is 17.6 Å². The quantitative estimate of drug-likeness (QED) is 0.633. The van der Waals surface area contributed by atoms with E-state index in [1.807, 2.05) is 30.3 Å². The van der Waals surface area contributed by atoms with Crippen molar-refractivity contribution in [2.75, 3.05) is 13.2 Å². The molecule has 1 aliphatic rings. The van der Waals surface area contributed by atoms with Gasteiger partial charge in [0.25, 0.3) is 11.8 Å². The first-order chi connectivity index (χ1) is 15.0. The van der Waals surface area contributed by atoms with Gasteiger partial charge in [0.2, 0.25) is 0 Å². The number of ether oxygens (including phenoxy) is 2. The van der Waals surface area contributed by atoms with Gasteiger partial charge in [0, 0.05) is 5.56 Å². The van der Waals surface area contributed by atoms with Crippen LogP contribution in [0.1, 0.15) is 36.0 Å². The van der Waals surface area contributed by atoms with Crippen molar-refractivity contribution in [1.29, 1.82) is 5.26 Å². The summed E-state index contributed by atoms with van der Waals surface area (Å²) in [4.78, 5) is 36.0. The van der Waals surface area contributed by atoms with E-state index >= 15 is 0 Å². The first-order valence-electron chi connectivity index (χ1n) is 9.99. The Morgan fingerprint density at radius 1 is 0.968 bits per heavy atom. The molecule has 2 aromatic rings. The maximum Gasteiger partial charge on any atom is 0.325 e. The van der Waals surface area contributed by atoms with E-state index in [0.717, 1.165) is 12.8 Å². The highest BCUT2D eigenvalue weighted by atomic mass is 16.5. The highest BCUT2D eigenvalue weighted by Crippen LogP contribution is 2.28. The second-order valence-electron chi connectivity index (χ2n) is 7.23. The summed E-state index contributed by atoms with van der Waals surface area (Å²) in [5, 5.41) is 14.3. The van der Waals surface area contributed by atoms with Crippen molar-refractivity contribution >= 4 is 17.8 Å². The monoisotopic (exact) mass is 421 g/mol. The molecule has 2 amide bonds. The molecule has 0 saturated heterocycles. The van der Waals surface area contributed by atoms with Gasteiger partial charge in [-0.3, -0.25) is 14.4 Å². The summed E-state index contributed by atoms with van der Waals surface area (Å²) >= 11 is 0. The molecule has 8 nitrogen and oxygen atoms in total. The molecule has 0 aliphatic heterocycles. The third-order valence-electron chi connectivity index (χ3n) is 4.90. The fraction of sp³-hybridized carbons (Fsp3) is 0.304. The molecule has 31 heavy (non-hydrogen) atoms. The van der Waals surface area contributed by atoms with E-state index in [1.165, 1.54) is 0 Å². The number of esters is 1. The van der Waals surface area contributed by atoms with Crippen LogP contribution in [0, 0.1) is 11.3 Å². The Kier molecular flexibility index (Phi) is 7.22. The summed E-state index contributed by atoms with van der Waals surface area (Å²) in [6, 6.07) is 17.8. The van der Waals surface area contributed by atoms with E-state index in [1.54, 1.807) is 24.3 Å². The van der Waals surface area contributed by atoms with Crippen LogP contribution in [0.15, 0.2) is 54.6 Å². The van der Waals surface area contributed by atoms with Gasteiger partial charge in [0.1, 0.15) is 23.6 Å². The Morgan fingerprint density at radius 3 is 2.26 bits per heavy atom. The summed E-state index contributed by atoms with van der Waals surface area (Å²) in [6.07, 6.45) is 2.93. The summed E-state index contributed by atoms with van der Waals surface area (Å²) < 4.78 is 10.5. The third-order valence-corrected chi connectivity index (χ3v) is 4.90. The van der Waals surface area contributed by atoms with Crippen molar-refractivity contribution < 1.29 is 23.9 Å². The number of nitrogens with one attached hydrogen (secondary N) is 2. The Hall–Kier alpha value is -3.86. The van der Waals surface area contributed by atoms with Crippen molar-refractivity contribution in [2.24, 2.45) is 0 Å². The zero-order valence-electron chi connectivity index (χ0n) is 16.9. The summed E-state index contributed by atoms with van der Waals surface area (Å²) in [5.74, 6) is -0.477. The van der Waals surface area contributed by atoms with Gasteiger partial charge in [-0.2, -0.15) is 5.26 Å². The van der Waals surface area contributed by atoms with Crippen molar-refractivity contribution in [1.82, 2.24) is 10.6 Å². The lowest BCUT2D eigenvalue weighted by Gasteiger charge is -2.21. The molecule has 0 bridgehead atoms. The SMILES string of the molecule is N#CC1(NC(=O)COC(=O)CNC(=O)c2ccc(Oc3ccccc3)cc2)CCCC1. The molecule has 0 aromatic heterocycles. The summed E-state index contributed by atoms with van der Waals surface area (Å²) in [7, 11) is 0. The van der Waals surface area contributed by atoms with Crippen LogP contribution in [-0.2, 0) is 14.3 Å². The Labute approximate surface area is 180 Å². The molecule has 3 rings (SSSR count). The molecule has 0 unspecified atom stereocenters. The lowest BCUT2D eigenvalue weighted by molar-refractivity contribution is -0.147. The van der Waals surface area contributed by atoms with Crippen LogP contribution >= 0.6 is 0 Å². The van der Waals surface area contributed by atoms with E-state index in [0.29, 0.717) is 29.9 Å². The minimum atomic E-state index is -0.867. The number of nitrogens with zero attached hydrogens (tertiary/aromatic N) is 1. The van der Waals surface area contributed by atoms with Crippen LogP contribution in [0.4, 0.5) is 0 Å². The lowest BCUT2D eigenvalue weighted by Crippen LogP contribution is -2.47. The standard InChI is InChI=1S/C23H23N3O5/c24-16-23(12-4-5-13-23)26-20(27)15-30-21(28)14-25-22(29)17-8-10-19(11-9-17)31-18-6-2-1-3-7-18/h1-3,6-11H,4-5,12-15H2,(H,25,29)(H,26,27). The average molecular weight is 421 g/mol. The zero-order valence-corrected chi connectivity index (χ0v) is 16.9. The Balaban J connectivity index is 1.40. The molecule has 1 saturated carbocycles. The molecule has 2 N–H and O–H groups in total. The zero-order chi connectivity index (χ0) is 22.1. The second-order valence-corrected chi connectivity index (χ2v) is 7.23. The van der Waals surface area contributed by atoms with Crippen LogP contribution in [0.25, 0.3) is 0 Å². The van der Waals surface area contributed by atoms with E-state index < -0.39 is 29.9 Å². The highest BCUT2D eigenvalue weighted by molar-refractivity contribution is 5.96. The number of para-hydroxylation sites is 1. The average Bonchev–Trinajstić information content (AvgIpc) is 3.26. The minimum absolute atomic E-state index is 0.350. The lowest BCUT2D eigenvalue weighted by atomic mass is 10.00. The van der Waals surface area contributed by atoms with Crippen LogP contribution in [0.2, 0.25) is 0 Å². The van der Waals surface area contributed by atoms with Gasteiger partial charge >= 0.3 is 5.97 Å². The molecule has 0 radical (unpaired) electrons. The fourth-order valence-electron chi connectivity index (χ4n) is 3.30. The van der Waals surface area contributed by atoms with Gasteiger partial charge in [-0.05, 0) is 62.1 Å². The number of benzene rings is 2. The topological polar surface area (TPSA) is 118 Å². The van der Waals surface area contributed by atoms with E-state index in [9.17, 15) is 19.6 Å². The largest absolute Gasteiger partial charge is 0.457 e. The van der Waals surface area contributed by atoms with Gasteiger partial charge in [-0.15, -0.1) is 0 Å². The predicted molar refractivity (Wildman–Crippen MR) is 111 cm³/mol. The number of rotatable bonds is 8. The van der Waals surface area contributed by atoms with Gasteiger partial charge in [0.15, 0.2) is 6.61 Å². The minimum Gasteiger partial charge on any atom is -0.457 e. The summed E-state index contributed by atoms with van der Waals surface area (Å²) in [5.41, 5.74) is -0.517. The van der Waals surface area contributed by atoms with Crippen molar-refractivity contribution in [3.63, 3.8) is 0 Å². The Morgan fingerprint density at radius 2 is 1.61 bits per heavy atom. The number of nitriles is 1. The smallest absolute Gasteiger partial charge is 0.325 e.